The standard InChI is InChI=1S/C24H33N3O6/c1-4-6-14-31-22(28)21-17(3)33-23(26-21)27-13-12-19(20(15-27)30-5-2)25-24(29)32-16-18-10-8-7-9-11-18/h7-11,19-20H,4-6,12-16H2,1-3H3,(H,25,29). The lowest BCUT2D eigenvalue weighted by atomic mass is 10.0. The van der Waals surface area contributed by atoms with E-state index in [1.165, 1.54) is 0 Å². The summed E-state index contributed by atoms with van der Waals surface area (Å²) in [6.07, 6.45) is 1.60. The lowest BCUT2D eigenvalue weighted by Gasteiger charge is -2.37. The topological polar surface area (TPSA) is 103 Å². The minimum Gasteiger partial charge on any atom is -0.461 e. The summed E-state index contributed by atoms with van der Waals surface area (Å²) >= 11 is 0. The highest BCUT2D eigenvalue weighted by atomic mass is 16.6. The van der Waals surface area contributed by atoms with Crippen molar-refractivity contribution in [2.24, 2.45) is 0 Å². The third-order valence-corrected chi connectivity index (χ3v) is 5.44. The molecule has 1 N–H and O–H groups in total. The Balaban J connectivity index is 1.57. The van der Waals surface area contributed by atoms with Crippen LogP contribution in [-0.2, 0) is 20.8 Å². The van der Waals surface area contributed by atoms with E-state index in [2.05, 4.69) is 10.3 Å². The first kappa shape index (κ1) is 24.6. The van der Waals surface area contributed by atoms with Crippen molar-refractivity contribution in [3.05, 3.63) is 47.3 Å². The molecule has 1 aromatic carbocycles. The van der Waals surface area contributed by atoms with E-state index in [1.54, 1.807) is 6.92 Å². The minimum atomic E-state index is -0.480. The number of benzene rings is 1. The number of aryl methyl sites for hydroxylation is 1. The second kappa shape index (κ2) is 12.2. The molecule has 3 rings (SSSR count). The van der Waals surface area contributed by atoms with E-state index in [1.807, 2.05) is 49.1 Å². The number of hydrogen-bond donors (Lipinski definition) is 1. The van der Waals surface area contributed by atoms with Gasteiger partial charge in [0.2, 0.25) is 0 Å². The van der Waals surface area contributed by atoms with Crippen LogP contribution in [0.15, 0.2) is 34.7 Å². The minimum absolute atomic E-state index is 0.193. The summed E-state index contributed by atoms with van der Waals surface area (Å²) in [5.74, 6) is -0.0563. The number of alkyl carbamates (subject to hydrolysis) is 1. The summed E-state index contributed by atoms with van der Waals surface area (Å²) in [6.45, 7) is 7.74. The molecule has 180 valence electrons. The average Bonchev–Trinajstić information content (AvgIpc) is 3.21. The molecule has 0 bridgehead atoms. The fraction of sp³-hybridized carbons (Fsp3) is 0.542. The molecule has 1 amide bonds. The quantitative estimate of drug-likeness (QED) is 0.422. The molecule has 2 atom stereocenters. The van der Waals surface area contributed by atoms with Crippen LogP contribution in [0.3, 0.4) is 0 Å². The highest BCUT2D eigenvalue weighted by molar-refractivity contribution is 5.88. The monoisotopic (exact) mass is 459 g/mol. The third-order valence-electron chi connectivity index (χ3n) is 5.44. The Morgan fingerprint density at radius 1 is 1.21 bits per heavy atom. The number of ether oxygens (including phenoxy) is 3. The van der Waals surface area contributed by atoms with Gasteiger partial charge in [-0.3, -0.25) is 0 Å². The predicted octanol–water partition coefficient (Wildman–Crippen LogP) is 3.85. The molecule has 33 heavy (non-hydrogen) atoms. The van der Waals surface area contributed by atoms with Crippen LogP contribution in [0.1, 0.15) is 54.9 Å². The summed E-state index contributed by atoms with van der Waals surface area (Å²) in [5, 5.41) is 2.92. The van der Waals surface area contributed by atoms with Gasteiger partial charge in [0.05, 0.1) is 25.3 Å². The number of hydrogen-bond acceptors (Lipinski definition) is 8. The van der Waals surface area contributed by atoms with Gasteiger partial charge in [-0.1, -0.05) is 43.7 Å². The Morgan fingerprint density at radius 2 is 2.00 bits per heavy atom. The maximum absolute atomic E-state index is 12.3. The first-order valence-electron chi connectivity index (χ1n) is 11.5. The second-order valence-electron chi connectivity index (χ2n) is 7.93. The fourth-order valence-electron chi connectivity index (χ4n) is 3.64. The number of oxazole rings is 1. The van der Waals surface area contributed by atoms with Crippen LogP contribution in [0, 0.1) is 6.92 Å². The number of anilines is 1. The lowest BCUT2D eigenvalue weighted by Crippen LogP contribution is -2.55. The van der Waals surface area contributed by atoms with Crippen LogP contribution in [0.2, 0.25) is 0 Å². The Kier molecular flexibility index (Phi) is 9.12. The molecule has 2 unspecified atom stereocenters. The maximum atomic E-state index is 12.3. The van der Waals surface area contributed by atoms with Gasteiger partial charge in [-0.25, -0.2) is 9.59 Å². The van der Waals surface area contributed by atoms with Crippen LogP contribution >= 0.6 is 0 Å². The van der Waals surface area contributed by atoms with Crippen molar-refractivity contribution in [2.75, 3.05) is 31.2 Å². The zero-order valence-corrected chi connectivity index (χ0v) is 19.5. The van der Waals surface area contributed by atoms with Crippen molar-refractivity contribution in [1.82, 2.24) is 10.3 Å². The number of aromatic nitrogens is 1. The first-order valence-corrected chi connectivity index (χ1v) is 11.5. The SMILES string of the molecule is CCCCOC(=O)c1nc(N2CCC(NC(=O)OCc3ccccc3)C(OCC)C2)oc1C. The molecule has 2 heterocycles. The van der Waals surface area contributed by atoms with Crippen LogP contribution in [0.25, 0.3) is 0 Å². The molecule has 1 aliphatic heterocycles. The van der Waals surface area contributed by atoms with Crippen LogP contribution in [0.5, 0.6) is 0 Å². The number of rotatable bonds is 10. The summed E-state index contributed by atoms with van der Waals surface area (Å²) in [5.41, 5.74) is 1.12. The van der Waals surface area contributed by atoms with Crippen molar-refractivity contribution in [3.63, 3.8) is 0 Å². The van der Waals surface area contributed by atoms with Gasteiger partial charge in [-0.15, -0.1) is 0 Å². The van der Waals surface area contributed by atoms with Crippen molar-refractivity contribution in [1.29, 1.82) is 0 Å². The van der Waals surface area contributed by atoms with Crippen molar-refractivity contribution >= 4 is 18.1 Å². The number of piperidine rings is 1. The summed E-state index contributed by atoms with van der Waals surface area (Å²) in [6, 6.07) is 9.67. The van der Waals surface area contributed by atoms with Gasteiger partial charge in [-0.05, 0) is 32.3 Å². The third kappa shape index (κ3) is 6.95. The highest BCUT2D eigenvalue weighted by Crippen LogP contribution is 2.24. The molecule has 2 aromatic rings. The van der Waals surface area contributed by atoms with Crippen molar-refractivity contribution in [2.45, 2.75) is 58.8 Å². The first-order chi connectivity index (χ1) is 16.0. The number of carbonyl (C=O) groups excluding carboxylic acids is 2. The number of amides is 1. The van der Waals surface area contributed by atoms with E-state index in [0.717, 1.165) is 18.4 Å². The van der Waals surface area contributed by atoms with Crippen molar-refractivity contribution < 1.29 is 28.2 Å². The molecule has 1 saturated heterocycles. The van der Waals surface area contributed by atoms with E-state index in [9.17, 15) is 9.59 Å². The van der Waals surface area contributed by atoms with Crippen LogP contribution in [0.4, 0.5) is 10.8 Å². The van der Waals surface area contributed by atoms with Gasteiger partial charge in [0.15, 0.2) is 5.69 Å². The molecule has 0 radical (unpaired) electrons. The average molecular weight is 460 g/mol. The van der Waals surface area contributed by atoms with E-state index in [4.69, 9.17) is 18.6 Å². The van der Waals surface area contributed by atoms with Crippen LogP contribution in [-0.4, -0.2) is 55.5 Å². The van der Waals surface area contributed by atoms with E-state index >= 15 is 0 Å². The molecule has 9 nitrogen and oxygen atoms in total. The van der Waals surface area contributed by atoms with Crippen LogP contribution < -0.4 is 10.2 Å². The predicted molar refractivity (Wildman–Crippen MR) is 122 cm³/mol. The van der Waals surface area contributed by atoms with E-state index in [0.29, 0.717) is 44.5 Å². The summed E-state index contributed by atoms with van der Waals surface area (Å²) in [7, 11) is 0. The summed E-state index contributed by atoms with van der Waals surface area (Å²) in [4.78, 5) is 30.9. The Labute approximate surface area is 194 Å². The van der Waals surface area contributed by atoms with Gasteiger partial charge >= 0.3 is 12.1 Å². The Morgan fingerprint density at radius 3 is 2.73 bits per heavy atom. The number of carbonyl (C=O) groups is 2. The number of unbranched alkanes of at least 4 members (excludes halogenated alkanes) is 1. The van der Waals surface area contributed by atoms with Gasteiger partial charge in [0.25, 0.3) is 6.01 Å². The number of nitrogens with zero attached hydrogens (tertiary/aromatic N) is 2. The Hall–Kier alpha value is -3.07. The van der Waals surface area contributed by atoms with Gasteiger partial charge < -0.3 is 28.8 Å². The molecule has 1 aliphatic rings. The van der Waals surface area contributed by atoms with Gasteiger partial charge in [-0.2, -0.15) is 4.98 Å². The molecular weight excluding hydrogens is 426 g/mol. The summed E-state index contributed by atoms with van der Waals surface area (Å²) < 4.78 is 22.3. The number of nitrogens with one attached hydrogen (secondary N) is 1. The van der Waals surface area contributed by atoms with E-state index < -0.39 is 12.1 Å². The Bertz CT molecular complexity index is 901. The lowest BCUT2D eigenvalue weighted by molar-refractivity contribution is 0.0252. The van der Waals surface area contributed by atoms with Crippen molar-refractivity contribution in [3.8, 4) is 0 Å². The van der Waals surface area contributed by atoms with Gasteiger partial charge in [0.1, 0.15) is 12.4 Å². The zero-order valence-electron chi connectivity index (χ0n) is 19.5. The zero-order chi connectivity index (χ0) is 23.6. The number of esters is 1. The highest BCUT2D eigenvalue weighted by Gasteiger charge is 2.34. The molecule has 9 heteroatoms. The molecule has 0 aliphatic carbocycles. The largest absolute Gasteiger partial charge is 0.461 e. The van der Waals surface area contributed by atoms with E-state index in [-0.39, 0.29) is 24.4 Å². The molecule has 0 spiro atoms. The molecule has 1 aromatic heterocycles. The smallest absolute Gasteiger partial charge is 0.407 e. The molecular formula is C24H33N3O6. The normalized spacial score (nSPS) is 18.1. The maximum Gasteiger partial charge on any atom is 0.407 e. The second-order valence-corrected chi connectivity index (χ2v) is 7.93. The fourth-order valence-corrected chi connectivity index (χ4v) is 3.64. The van der Waals surface area contributed by atoms with Gasteiger partial charge in [0, 0.05) is 13.2 Å². The molecule has 0 saturated carbocycles. The molecule has 1 fully saturated rings.